The second-order valence-corrected chi connectivity index (χ2v) is 4.58. The summed E-state index contributed by atoms with van der Waals surface area (Å²) in [7, 11) is 0. The zero-order valence-corrected chi connectivity index (χ0v) is 9.94. The van der Waals surface area contributed by atoms with Crippen LogP contribution in [-0.2, 0) is 6.42 Å². The van der Waals surface area contributed by atoms with E-state index in [1.165, 1.54) is 12.0 Å². The van der Waals surface area contributed by atoms with Crippen LogP contribution < -0.4 is 5.32 Å². The zero-order valence-electron chi connectivity index (χ0n) is 9.94. The molecular formula is C14H16N2O. The lowest BCUT2D eigenvalue weighted by Gasteiger charge is -2.23. The van der Waals surface area contributed by atoms with Gasteiger partial charge in [-0.05, 0) is 38.0 Å². The van der Waals surface area contributed by atoms with Gasteiger partial charge in [-0.2, -0.15) is 0 Å². The number of rotatable bonds is 2. The quantitative estimate of drug-likeness (QED) is 0.855. The summed E-state index contributed by atoms with van der Waals surface area (Å²) < 4.78 is 5.49. The fraction of sp³-hybridized carbons (Fsp3) is 0.357. The highest BCUT2D eigenvalue weighted by Crippen LogP contribution is 2.32. The number of furan rings is 1. The fourth-order valence-electron chi connectivity index (χ4n) is 2.39. The fourth-order valence-corrected chi connectivity index (χ4v) is 2.39. The van der Waals surface area contributed by atoms with Gasteiger partial charge in [0.25, 0.3) is 0 Å². The van der Waals surface area contributed by atoms with E-state index >= 15 is 0 Å². The number of hydrogen-bond acceptors (Lipinski definition) is 3. The van der Waals surface area contributed by atoms with Crippen molar-refractivity contribution in [1.29, 1.82) is 0 Å². The first-order valence-corrected chi connectivity index (χ1v) is 6.08. The Hall–Kier alpha value is -1.77. The average molecular weight is 228 g/mol. The molecule has 2 aromatic rings. The van der Waals surface area contributed by atoms with Gasteiger partial charge < -0.3 is 9.73 Å². The number of nitrogens with zero attached hydrogens (tertiary/aromatic N) is 1. The molecule has 0 bridgehead atoms. The van der Waals surface area contributed by atoms with Gasteiger partial charge in [-0.15, -0.1) is 0 Å². The first-order valence-electron chi connectivity index (χ1n) is 6.08. The third-order valence-electron chi connectivity index (χ3n) is 3.30. The Morgan fingerprint density at radius 2 is 2.29 bits per heavy atom. The number of anilines is 1. The van der Waals surface area contributed by atoms with Crippen LogP contribution in [0, 0.1) is 6.92 Å². The largest absolute Gasteiger partial charge is 0.469 e. The van der Waals surface area contributed by atoms with Gasteiger partial charge in [0.2, 0.25) is 0 Å². The SMILES string of the molecule is Cc1ccc(NC2CCCc3occc32)cn1. The van der Waals surface area contributed by atoms with E-state index in [4.69, 9.17) is 4.42 Å². The van der Waals surface area contributed by atoms with Crippen molar-refractivity contribution in [3.8, 4) is 0 Å². The van der Waals surface area contributed by atoms with E-state index in [0.29, 0.717) is 6.04 Å². The molecule has 1 aliphatic rings. The molecule has 0 aromatic carbocycles. The molecule has 3 rings (SSSR count). The number of aromatic nitrogens is 1. The van der Waals surface area contributed by atoms with Crippen LogP contribution in [0.4, 0.5) is 5.69 Å². The molecule has 2 aromatic heterocycles. The Morgan fingerprint density at radius 3 is 3.12 bits per heavy atom. The first-order chi connectivity index (χ1) is 8.33. The monoisotopic (exact) mass is 228 g/mol. The average Bonchev–Trinajstić information content (AvgIpc) is 2.81. The zero-order chi connectivity index (χ0) is 11.7. The molecule has 0 saturated heterocycles. The Bertz CT molecular complexity index is 501. The van der Waals surface area contributed by atoms with Crippen molar-refractivity contribution in [1.82, 2.24) is 4.98 Å². The van der Waals surface area contributed by atoms with E-state index in [1.807, 2.05) is 19.2 Å². The minimum absolute atomic E-state index is 0.363. The normalized spacial score (nSPS) is 18.8. The molecule has 0 fully saturated rings. The summed E-state index contributed by atoms with van der Waals surface area (Å²) in [5.41, 5.74) is 3.43. The van der Waals surface area contributed by atoms with Crippen molar-refractivity contribution < 1.29 is 4.42 Å². The molecule has 88 valence electrons. The maximum absolute atomic E-state index is 5.49. The van der Waals surface area contributed by atoms with Crippen molar-refractivity contribution >= 4 is 5.69 Å². The summed E-state index contributed by atoms with van der Waals surface area (Å²) in [5, 5.41) is 3.53. The van der Waals surface area contributed by atoms with Crippen LogP contribution in [-0.4, -0.2) is 4.98 Å². The molecule has 0 amide bonds. The second-order valence-electron chi connectivity index (χ2n) is 4.58. The Kier molecular flexibility index (Phi) is 2.59. The van der Waals surface area contributed by atoms with Crippen LogP contribution in [0.2, 0.25) is 0 Å². The van der Waals surface area contributed by atoms with Gasteiger partial charge >= 0.3 is 0 Å². The third-order valence-corrected chi connectivity index (χ3v) is 3.30. The van der Waals surface area contributed by atoms with Crippen LogP contribution in [0.3, 0.4) is 0 Å². The maximum Gasteiger partial charge on any atom is 0.109 e. The third kappa shape index (κ3) is 2.05. The molecule has 1 unspecified atom stereocenters. The van der Waals surface area contributed by atoms with Crippen LogP contribution in [0.1, 0.15) is 35.9 Å². The van der Waals surface area contributed by atoms with E-state index in [1.54, 1.807) is 6.26 Å². The smallest absolute Gasteiger partial charge is 0.109 e. The van der Waals surface area contributed by atoms with E-state index < -0.39 is 0 Å². The molecule has 1 N–H and O–H groups in total. The number of hydrogen-bond donors (Lipinski definition) is 1. The predicted octanol–water partition coefficient (Wildman–Crippen LogP) is 3.47. The molecule has 17 heavy (non-hydrogen) atoms. The lowest BCUT2D eigenvalue weighted by molar-refractivity contribution is 0.461. The predicted molar refractivity (Wildman–Crippen MR) is 67.0 cm³/mol. The van der Waals surface area contributed by atoms with Gasteiger partial charge in [0, 0.05) is 17.7 Å². The van der Waals surface area contributed by atoms with E-state index in [-0.39, 0.29) is 0 Å². The Balaban J connectivity index is 1.81. The van der Waals surface area contributed by atoms with Crippen LogP contribution in [0.5, 0.6) is 0 Å². The van der Waals surface area contributed by atoms with Gasteiger partial charge in [-0.3, -0.25) is 4.98 Å². The highest BCUT2D eigenvalue weighted by molar-refractivity contribution is 5.44. The van der Waals surface area contributed by atoms with Gasteiger partial charge in [0.15, 0.2) is 0 Å². The van der Waals surface area contributed by atoms with E-state index in [2.05, 4.69) is 22.4 Å². The molecule has 1 atom stereocenters. The van der Waals surface area contributed by atoms with Crippen LogP contribution in [0.15, 0.2) is 35.1 Å². The van der Waals surface area contributed by atoms with Crippen molar-refractivity contribution in [2.75, 3.05) is 5.32 Å². The van der Waals surface area contributed by atoms with Gasteiger partial charge in [0.1, 0.15) is 5.76 Å². The highest BCUT2D eigenvalue weighted by Gasteiger charge is 2.22. The van der Waals surface area contributed by atoms with Gasteiger partial charge in [0.05, 0.1) is 24.2 Å². The molecule has 0 spiro atoms. The summed E-state index contributed by atoms with van der Waals surface area (Å²) in [5.74, 6) is 1.13. The molecule has 3 nitrogen and oxygen atoms in total. The second kappa shape index (κ2) is 4.24. The van der Waals surface area contributed by atoms with E-state index in [9.17, 15) is 0 Å². The molecule has 1 aliphatic carbocycles. The van der Waals surface area contributed by atoms with Gasteiger partial charge in [-0.25, -0.2) is 0 Å². The minimum Gasteiger partial charge on any atom is -0.469 e. The maximum atomic E-state index is 5.49. The van der Waals surface area contributed by atoms with Crippen molar-refractivity contribution in [3.05, 3.63) is 47.7 Å². The number of nitrogens with one attached hydrogen (secondary N) is 1. The molecular weight excluding hydrogens is 212 g/mol. The van der Waals surface area contributed by atoms with Crippen molar-refractivity contribution in [2.24, 2.45) is 0 Å². The summed E-state index contributed by atoms with van der Waals surface area (Å²) in [4.78, 5) is 4.30. The number of fused-ring (bicyclic) bond motifs is 1. The van der Waals surface area contributed by atoms with Crippen LogP contribution >= 0.6 is 0 Å². The first kappa shape index (κ1) is 10.4. The topological polar surface area (TPSA) is 38.1 Å². The summed E-state index contributed by atoms with van der Waals surface area (Å²) in [6.45, 7) is 2.00. The van der Waals surface area contributed by atoms with Crippen molar-refractivity contribution in [2.45, 2.75) is 32.2 Å². The van der Waals surface area contributed by atoms with E-state index in [0.717, 1.165) is 30.0 Å². The molecule has 0 saturated carbocycles. The number of aryl methyl sites for hydroxylation is 2. The summed E-state index contributed by atoms with van der Waals surface area (Å²) in [6.07, 6.45) is 7.08. The summed E-state index contributed by atoms with van der Waals surface area (Å²) >= 11 is 0. The standard InChI is InChI=1S/C14H16N2O/c1-10-5-6-11(9-15-10)16-13-3-2-4-14-12(13)7-8-17-14/h5-9,13,16H,2-4H2,1H3. The minimum atomic E-state index is 0.363. The Morgan fingerprint density at radius 1 is 1.35 bits per heavy atom. The van der Waals surface area contributed by atoms with Crippen molar-refractivity contribution in [3.63, 3.8) is 0 Å². The molecule has 0 aliphatic heterocycles. The van der Waals surface area contributed by atoms with Crippen LogP contribution in [0.25, 0.3) is 0 Å². The molecule has 3 heteroatoms. The molecule has 2 heterocycles. The highest BCUT2D eigenvalue weighted by atomic mass is 16.3. The summed E-state index contributed by atoms with van der Waals surface area (Å²) in [6, 6.07) is 6.55. The van der Waals surface area contributed by atoms with Gasteiger partial charge in [-0.1, -0.05) is 0 Å². The lowest BCUT2D eigenvalue weighted by Crippen LogP contribution is -2.15. The lowest BCUT2D eigenvalue weighted by atomic mass is 9.93. The molecule has 0 radical (unpaired) electrons. The number of pyridine rings is 1. The Labute approximate surface area is 101 Å².